The average Bonchev–Trinajstić information content (AvgIpc) is 2.91. The normalized spacial score (nSPS) is 11.2. The van der Waals surface area contributed by atoms with Crippen molar-refractivity contribution >= 4 is 35.2 Å². The maximum absolute atomic E-state index is 12.2. The average molecular weight is 404 g/mol. The third-order valence-corrected chi connectivity index (χ3v) is 4.27. The topological polar surface area (TPSA) is 73.2 Å². The van der Waals surface area contributed by atoms with Crippen molar-refractivity contribution in [3.8, 4) is 0 Å². The number of nitrogens with one attached hydrogen (secondary N) is 1. The minimum Gasteiger partial charge on any atom is -0.462 e. The first-order chi connectivity index (χ1) is 13.3. The molecule has 2 rings (SSSR count). The summed E-state index contributed by atoms with van der Waals surface area (Å²) in [6.45, 7) is 9.07. The second-order valence-corrected chi connectivity index (χ2v) is 7.26. The number of halogens is 1. The van der Waals surface area contributed by atoms with E-state index in [9.17, 15) is 9.59 Å². The standard InChI is InChI=1S/C21H26ClN3O3/c1-5-12-28-21(27)16-6-8-17(9-7-16)23-19(26)11-10-18-15(4)24-25(20(18)22)13-14(2)3/h6-11,14H,5,12-13H2,1-4H3,(H,23,26)/b11-10+. The summed E-state index contributed by atoms with van der Waals surface area (Å²) in [5.41, 5.74) is 2.53. The van der Waals surface area contributed by atoms with Gasteiger partial charge in [-0.2, -0.15) is 5.10 Å². The molecule has 1 heterocycles. The van der Waals surface area contributed by atoms with Gasteiger partial charge in [-0.05, 0) is 49.6 Å². The molecule has 0 aliphatic heterocycles. The predicted octanol–water partition coefficient (Wildman–Crippen LogP) is 4.72. The van der Waals surface area contributed by atoms with Gasteiger partial charge in [-0.1, -0.05) is 32.4 Å². The number of ether oxygens (including phenoxy) is 1. The number of nitrogens with zero attached hydrogens (tertiary/aromatic N) is 2. The summed E-state index contributed by atoms with van der Waals surface area (Å²) in [6.07, 6.45) is 3.85. The third kappa shape index (κ3) is 5.96. The number of hydrogen-bond donors (Lipinski definition) is 1. The van der Waals surface area contributed by atoms with Gasteiger partial charge < -0.3 is 10.1 Å². The monoisotopic (exact) mass is 403 g/mol. The van der Waals surface area contributed by atoms with E-state index in [1.165, 1.54) is 6.08 Å². The number of hydrogen-bond acceptors (Lipinski definition) is 4. The Labute approximate surface area is 170 Å². The maximum Gasteiger partial charge on any atom is 0.338 e. The van der Waals surface area contributed by atoms with E-state index in [1.54, 1.807) is 35.0 Å². The minimum absolute atomic E-state index is 0.298. The third-order valence-electron chi connectivity index (χ3n) is 3.87. The van der Waals surface area contributed by atoms with Gasteiger partial charge in [-0.3, -0.25) is 9.48 Å². The molecular formula is C21H26ClN3O3. The summed E-state index contributed by atoms with van der Waals surface area (Å²) in [5, 5.41) is 7.69. The van der Waals surface area contributed by atoms with Gasteiger partial charge in [0.2, 0.25) is 5.91 Å². The lowest BCUT2D eigenvalue weighted by Crippen LogP contribution is -2.09. The molecule has 0 aliphatic rings. The van der Waals surface area contributed by atoms with Crippen LogP contribution < -0.4 is 5.32 Å². The minimum atomic E-state index is -0.372. The molecule has 1 aromatic heterocycles. The number of benzene rings is 1. The van der Waals surface area contributed by atoms with Gasteiger partial charge in [0.1, 0.15) is 5.15 Å². The molecule has 28 heavy (non-hydrogen) atoms. The molecule has 7 heteroatoms. The van der Waals surface area contributed by atoms with E-state index in [4.69, 9.17) is 16.3 Å². The highest BCUT2D eigenvalue weighted by atomic mass is 35.5. The molecule has 0 radical (unpaired) electrons. The number of anilines is 1. The molecular weight excluding hydrogens is 378 g/mol. The number of aromatic nitrogens is 2. The summed E-state index contributed by atoms with van der Waals surface area (Å²) in [7, 11) is 0. The second kappa shape index (κ2) is 10.1. The van der Waals surface area contributed by atoms with Gasteiger partial charge in [-0.25, -0.2) is 4.79 Å². The highest BCUT2D eigenvalue weighted by molar-refractivity contribution is 6.31. The highest BCUT2D eigenvalue weighted by Crippen LogP contribution is 2.22. The molecule has 2 aromatic rings. The number of amides is 1. The van der Waals surface area contributed by atoms with E-state index < -0.39 is 0 Å². The number of rotatable bonds is 8. The van der Waals surface area contributed by atoms with Crippen molar-refractivity contribution in [3.05, 3.63) is 52.3 Å². The molecule has 6 nitrogen and oxygen atoms in total. The second-order valence-electron chi connectivity index (χ2n) is 6.90. The Morgan fingerprint density at radius 2 is 1.96 bits per heavy atom. The number of esters is 1. The SMILES string of the molecule is CCCOC(=O)c1ccc(NC(=O)/C=C/c2c(C)nn(CC(C)C)c2Cl)cc1. The van der Waals surface area contributed by atoms with Crippen LogP contribution in [0.25, 0.3) is 6.08 Å². The molecule has 1 aromatic carbocycles. The fourth-order valence-corrected chi connectivity index (χ4v) is 2.84. The van der Waals surface area contributed by atoms with Crippen LogP contribution in [0.15, 0.2) is 30.3 Å². The summed E-state index contributed by atoms with van der Waals surface area (Å²) in [6, 6.07) is 6.56. The predicted molar refractivity (Wildman–Crippen MR) is 111 cm³/mol. The van der Waals surface area contributed by atoms with Crippen molar-refractivity contribution in [3.63, 3.8) is 0 Å². The van der Waals surface area contributed by atoms with Crippen LogP contribution in [0.5, 0.6) is 0 Å². The van der Waals surface area contributed by atoms with Gasteiger partial charge in [0.25, 0.3) is 0 Å². The molecule has 1 N–H and O–H groups in total. The molecule has 0 bridgehead atoms. The van der Waals surface area contributed by atoms with Crippen molar-refractivity contribution in [2.24, 2.45) is 5.92 Å². The number of carbonyl (C=O) groups excluding carboxylic acids is 2. The van der Waals surface area contributed by atoms with Crippen LogP contribution >= 0.6 is 11.6 Å². The van der Waals surface area contributed by atoms with Crippen LogP contribution in [0.1, 0.15) is 48.8 Å². The first-order valence-corrected chi connectivity index (χ1v) is 9.68. The molecule has 150 valence electrons. The molecule has 0 fully saturated rings. The van der Waals surface area contributed by atoms with Gasteiger partial charge in [0.05, 0.1) is 17.9 Å². The molecule has 1 amide bonds. The Kier molecular flexibility index (Phi) is 7.81. The van der Waals surface area contributed by atoms with Crippen LogP contribution in [-0.4, -0.2) is 28.3 Å². The lowest BCUT2D eigenvalue weighted by Gasteiger charge is -2.06. The Hall–Kier alpha value is -2.60. The summed E-state index contributed by atoms with van der Waals surface area (Å²) < 4.78 is 6.82. The molecule has 0 saturated carbocycles. The quantitative estimate of drug-likeness (QED) is 0.511. The zero-order valence-corrected chi connectivity index (χ0v) is 17.4. The fourth-order valence-electron chi connectivity index (χ4n) is 2.53. The largest absolute Gasteiger partial charge is 0.462 e. The first-order valence-electron chi connectivity index (χ1n) is 9.31. The zero-order valence-electron chi connectivity index (χ0n) is 16.7. The summed E-state index contributed by atoms with van der Waals surface area (Å²) >= 11 is 6.37. The molecule has 0 atom stereocenters. The maximum atomic E-state index is 12.2. The van der Waals surface area contributed by atoms with Crippen LogP contribution in [0.3, 0.4) is 0 Å². The Morgan fingerprint density at radius 1 is 1.29 bits per heavy atom. The van der Waals surface area contributed by atoms with Crippen molar-refractivity contribution in [2.45, 2.75) is 40.7 Å². The van der Waals surface area contributed by atoms with Crippen LogP contribution in [0.2, 0.25) is 5.15 Å². The molecule has 0 unspecified atom stereocenters. The molecule has 0 aliphatic carbocycles. The Morgan fingerprint density at radius 3 is 2.57 bits per heavy atom. The summed E-state index contributed by atoms with van der Waals surface area (Å²) in [5.74, 6) is -0.254. The van der Waals surface area contributed by atoms with Crippen molar-refractivity contribution < 1.29 is 14.3 Å². The number of carbonyl (C=O) groups is 2. The lowest BCUT2D eigenvalue weighted by molar-refractivity contribution is -0.111. The van der Waals surface area contributed by atoms with Crippen molar-refractivity contribution in [1.82, 2.24) is 9.78 Å². The summed E-state index contributed by atoms with van der Waals surface area (Å²) in [4.78, 5) is 24.0. The van der Waals surface area contributed by atoms with Crippen molar-refractivity contribution in [1.29, 1.82) is 0 Å². The molecule has 0 spiro atoms. The zero-order chi connectivity index (χ0) is 20.7. The van der Waals surface area contributed by atoms with E-state index >= 15 is 0 Å². The van der Waals surface area contributed by atoms with Gasteiger partial charge in [0.15, 0.2) is 0 Å². The van der Waals surface area contributed by atoms with Gasteiger partial charge in [-0.15, -0.1) is 0 Å². The highest BCUT2D eigenvalue weighted by Gasteiger charge is 2.12. The van der Waals surface area contributed by atoms with Crippen molar-refractivity contribution in [2.75, 3.05) is 11.9 Å². The first kappa shape index (κ1) is 21.7. The van der Waals surface area contributed by atoms with E-state index in [1.807, 2.05) is 13.8 Å². The van der Waals surface area contributed by atoms with Crippen LogP contribution in [0.4, 0.5) is 5.69 Å². The fraction of sp³-hybridized carbons (Fsp3) is 0.381. The van der Waals surface area contributed by atoms with Crippen LogP contribution in [-0.2, 0) is 16.1 Å². The van der Waals surface area contributed by atoms with Gasteiger partial charge in [0, 0.05) is 23.9 Å². The lowest BCUT2D eigenvalue weighted by atomic mass is 10.2. The van der Waals surface area contributed by atoms with Gasteiger partial charge >= 0.3 is 5.97 Å². The van der Waals surface area contributed by atoms with E-state index in [2.05, 4.69) is 24.3 Å². The van der Waals surface area contributed by atoms with E-state index in [0.29, 0.717) is 35.5 Å². The van der Waals surface area contributed by atoms with E-state index in [0.717, 1.165) is 17.7 Å². The Bertz CT molecular complexity index is 855. The number of aryl methyl sites for hydroxylation is 1. The Balaban J connectivity index is 2.00. The van der Waals surface area contributed by atoms with Crippen LogP contribution in [0, 0.1) is 12.8 Å². The smallest absolute Gasteiger partial charge is 0.338 e. The molecule has 0 saturated heterocycles. The van der Waals surface area contributed by atoms with E-state index in [-0.39, 0.29) is 11.9 Å².